The summed E-state index contributed by atoms with van der Waals surface area (Å²) >= 11 is 5.70. The molecule has 4 nitrogen and oxygen atoms in total. The third kappa shape index (κ3) is 3.85. The van der Waals surface area contributed by atoms with Gasteiger partial charge in [0.25, 0.3) is 0 Å². The van der Waals surface area contributed by atoms with E-state index >= 15 is 0 Å². The minimum Gasteiger partial charge on any atom is -0.428 e. The van der Waals surface area contributed by atoms with Crippen LogP contribution in [0.5, 0.6) is 5.75 Å². The van der Waals surface area contributed by atoms with Crippen molar-refractivity contribution in [2.24, 2.45) is 0 Å². The monoisotopic (exact) mass is 401 g/mol. The topological polar surface area (TPSA) is 51.5 Å². The Bertz CT molecular complexity index is 1080. The summed E-state index contributed by atoms with van der Waals surface area (Å²) in [5.74, 6) is -1.19. The lowest BCUT2D eigenvalue weighted by atomic mass is 10.0. The van der Waals surface area contributed by atoms with E-state index in [1.54, 1.807) is 0 Å². The van der Waals surface area contributed by atoms with Crippen molar-refractivity contribution < 1.29 is 27.5 Å². The van der Waals surface area contributed by atoms with Crippen molar-refractivity contribution in [3.05, 3.63) is 74.3 Å². The molecule has 0 atom stereocenters. The zero-order valence-corrected chi connectivity index (χ0v) is 14.5. The highest BCUT2D eigenvalue weighted by molar-refractivity contribution is 6.31. The van der Waals surface area contributed by atoms with E-state index in [9.17, 15) is 27.6 Å². The van der Waals surface area contributed by atoms with Crippen LogP contribution in [0.25, 0.3) is 10.9 Å². The molecule has 0 spiro atoms. The molecule has 0 aliphatic carbocycles. The number of alkyl halides is 3. The minimum atomic E-state index is -4.80. The molecule has 0 aliphatic heterocycles. The smallest absolute Gasteiger partial charge is 0.428 e. The summed E-state index contributed by atoms with van der Waals surface area (Å²) in [5, 5.41) is 9.98. The molecule has 1 N–H and O–H groups in total. The Morgan fingerprint density at radius 2 is 1.81 bits per heavy atom. The molecule has 3 rings (SSSR count). The molecule has 1 heterocycles. The number of halogens is 5. The van der Waals surface area contributed by atoms with Crippen LogP contribution in [0.1, 0.15) is 16.8 Å². The molecule has 1 aromatic heterocycles. The van der Waals surface area contributed by atoms with E-state index in [0.717, 1.165) is 29.0 Å². The van der Waals surface area contributed by atoms with Crippen LogP contribution in [0.4, 0.5) is 17.6 Å². The number of hydrogen-bond acceptors (Lipinski definition) is 3. The summed E-state index contributed by atoms with van der Waals surface area (Å²) < 4.78 is 54.9. The second-order valence-electron chi connectivity index (χ2n) is 5.86. The number of hydrogen-bond donors (Lipinski definition) is 1. The number of rotatable bonds is 3. The van der Waals surface area contributed by atoms with Gasteiger partial charge in [-0.25, -0.2) is 4.39 Å². The van der Waals surface area contributed by atoms with Crippen molar-refractivity contribution in [2.75, 3.05) is 0 Å². The molecule has 0 unspecified atom stereocenters. The van der Waals surface area contributed by atoms with E-state index in [2.05, 4.69) is 4.74 Å². The van der Waals surface area contributed by atoms with Crippen molar-refractivity contribution in [1.82, 2.24) is 4.73 Å². The largest absolute Gasteiger partial charge is 0.573 e. The van der Waals surface area contributed by atoms with Gasteiger partial charge in [-0.15, -0.1) is 13.2 Å². The number of benzene rings is 2. The molecular weight excluding hydrogens is 390 g/mol. The predicted octanol–water partition coefficient (Wildman–Crippen LogP) is 4.83. The summed E-state index contributed by atoms with van der Waals surface area (Å²) in [5.41, 5.74) is 0.459. The van der Waals surface area contributed by atoms with E-state index in [1.807, 2.05) is 0 Å². The number of fused-ring (bicyclic) bond motifs is 1. The Labute approximate surface area is 155 Å². The Hall–Kier alpha value is -2.74. The highest BCUT2D eigenvalue weighted by Crippen LogP contribution is 2.25. The van der Waals surface area contributed by atoms with Crippen LogP contribution in [0.2, 0.25) is 5.02 Å². The lowest BCUT2D eigenvalue weighted by Gasteiger charge is -2.14. The molecule has 0 saturated carbocycles. The summed E-state index contributed by atoms with van der Waals surface area (Å²) in [6, 6.07) is 7.07. The molecule has 0 amide bonds. The molecule has 142 valence electrons. The average molecular weight is 402 g/mol. The van der Waals surface area contributed by atoms with E-state index in [4.69, 9.17) is 11.6 Å². The zero-order chi connectivity index (χ0) is 19.9. The van der Waals surface area contributed by atoms with E-state index in [1.165, 1.54) is 19.1 Å². The Balaban J connectivity index is 2.02. The van der Waals surface area contributed by atoms with Gasteiger partial charge in [-0.1, -0.05) is 23.7 Å². The van der Waals surface area contributed by atoms with Gasteiger partial charge < -0.3 is 9.94 Å². The fraction of sp³-hybridized carbons (Fsp3) is 0.167. The lowest BCUT2D eigenvalue weighted by Crippen LogP contribution is -2.19. The Morgan fingerprint density at radius 3 is 2.41 bits per heavy atom. The summed E-state index contributed by atoms with van der Waals surface area (Å²) in [4.78, 5) is 12.7. The maximum atomic E-state index is 13.7. The molecule has 9 heteroatoms. The van der Waals surface area contributed by atoms with Crippen molar-refractivity contribution >= 4 is 22.5 Å². The van der Waals surface area contributed by atoms with Crippen molar-refractivity contribution in [2.45, 2.75) is 19.7 Å². The first-order valence-corrected chi connectivity index (χ1v) is 8.02. The van der Waals surface area contributed by atoms with Gasteiger partial charge in [0.15, 0.2) is 5.43 Å². The molecule has 0 saturated heterocycles. The summed E-state index contributed by atoms with van der Waals surface area (Å²) in [7, 11) is 0. The number of ether oxygens (including phenoxy) is 1. The number of aromatic nitrogens is 1. The first kappa shape index (κ1) is 19.0. The van der Waals surface area contributed by atoms with Crippen molar-refractivity contribution in [3.63, 3.8) is 0 Å². The van der Waals surface area contributed by atoms with Crippen LogP contribution in [-0.2, 0) is 6.42 Å². The average Bonchev–Trinajstić information content (AvgIpc) is 2.59. The Morgan fingerprint density at radius 1 is 1.19 bits per heavy atom. The van der Waals surface area contributed by atoms with Crippen LogP contribution >= 0.6 is 11.6 Å². The lowest BCUT2D eigenvalue weighted by molar-refractivity contribution is -0.274. The van der Waals surface area contributed by atoms with Gasteiger partial charge in [0, 0.05) is 12.0 Å². The SMILES string of the molecule is Cc1c(Cc2ccc(OC(F)(F)F)cc2)c(=O)c2cc(F)c(Cl)cc2n1O. The minimum absolute atomic E-state index is 0.0255. The second kappa shape index (κ2) is 6.77. The first-order valence-electron chi connectivity index (χ1n) is 7.64. The van der Waals surface area contributed by atoms with Crippen LogP contribution < -0.4 is 10.2 Å². The quantitative estimate of drug-likeness (QED) is 0.505. The van der Waals surface area contributed by atoms with Crippen molar-refractivity contribution in [3.8, 4) is 5.75 Å². The van der Waals surface area contributed by atoms with E-state index < -0.39 is 23.4 Å². The summed E-state index contributed by atoms with van der Waals surface area (Å²) in [6.07, 6.45) is -4.77. The molecule has 0 radical (unpaired) electrons. The zero-order valence-electron chi connectivity index (χ0n) is 13.8. The van der Waals surface area contributed by atoms with Gasteiger partial charge in [-0.05, 0) is 36.8 Å². The van der Waals surface area contributed by atoms with Gasteiger partial charge in [0.2, 0.25) is 0 Å². The fourth-order valence-electron chi connectivity index (χ4n) is 2.75. The maximum Gasteiger partial charge on any atom is 0.573 e. The number of pyridine rings is 1. The first-order chi connectivity index (χ1) is 12.6. The molecule has 0 bridgehead atoms. The van der Waals surface area contributed by atoms with Gasteiger partial charge >= 0.3 is 6.36 Å². The molecular formula is C18H12ClF4NO3. The van der Waals surface area contributed by atoms with Gasteiger partial charge in [-0.2, -0.15) is 4.73 Å². The van der Waals surface area contributed by atoms with Crippen LogP contribution in [-0.4, -0.2) is 16.3 Å². The molecule has 0 fully saturated rings. The second-order valence-corrected chi connectivity index (χ2v) is 6.26. The molecule has 27 heavy (non-hydrogen) atoms. The number of nitrogens with zero attached hydrogens (tertiary/aromatic N) is 1. The van der Waals surface area contributed by atoms with E-state index in [-0.39, 0.29) is 33.6 Å². The predicted molar refractivity (Wildman–Crippen MR) is 91.0 cm³/mol. The molecule has 3 aromatic rings. The van der Waals surface area contributed by atoms with Gasteiger partial charge in [-0.3, -0.25) is 4.79 Å². The Kier molecular flexibility index (Phi) is 4.77. The molecule has 2 aromatic carbocycles. The summed E-state index contributed by atoms with van der Waals surface area (Å²) in [6.45, 7) is 1.49. The fourth-order valence-corrected chi connectivity index (χ4v) is 2.91. The highest BCUT2D eigenvalue weighted by atomic mass is 35.5. The highest BCUT2D eigenvalue weighted by Gasteiger charge is 2.31. The van der Waals surface area contributed by atoms with Crippen molar-refractivity contribution in [1.29, 1.82) is 0 Å². The van der Waals surface area contributed by atoms with Gasteiger partial charge in [0.1, 0.15) is 11.6 Å². The third-order valence-corrected chi connectivity index (χ3v) is 4.37. The third-order valence-electron chi connectivity index (χ3n) is 4.08. The maximum absolute atomic E-state index is 13.7. The normalized spacial score (nSPS) is 11.8. The van der Waals surface area contributed by atoms with Crippen LogP contribution in [0.15, 0.2) is 41.2 Å². The molecule has 0 aliphatic rings. The standard InChI is InChI=1S/C18H12ClF4NO3/c1-9-12(6-10-2-4-11(5-3-10)27-18(21,22)23)17(25)13-7-15(20)14(19)8-16(13)24(9)26/h2-5,7-8,26H,6H2,1H3. The van der Waals surface area contributed by atoms with E-state index in [0.29, 0.717) is 5.56 Å². The van der Waals surface area contributed by atoms with Crippen LogP contribution in [0.3, 0.4) is 0 Å². The van der Waals surface area contributed by atoms with Gasteiger partial charge in [0.05, 0.1) is 21.6 Å². The van der Waals surface area contributed by atoms with Crippen LogP contribution in [0, 0.1) is 12.7 Å².